The van der Waals surface area contributed by atoms with Gasteiger partial charge in [0.15, 0.2) is 17.5 Å². The van der Waals surface area contributed by atoms with Crippen molar-refractivity contribution in [3.63, 3.8) is 0 Å². The molecule has 1 N–H and O–H groups in total. The van der Waals surface area contributed by atoms with Gasteiger partial charge in [-0.15, -0.1) is 0 Å². The average Bonchev–Trinajstić information content (AvgIpc) is 2.42. The lowest BCUT2D eigenvalue weighted by Gasteiger charge is -2.12. The van der Waals surface area contributed by atoms with Gasteiger partial charge in [-0.1, -0.05) is 6.92 Å². The van der Waals surface area contributed by atoms with Crippen molar-refractivity contribution < 1.29 is 17.9 Å². The Balaban J connectivity index is 2.70. The second-order valence-electron chi connectivity index (χ2n) is 4.40. The summed E-state index contributed by atoms with van der Waals surface area (Å²) in [6.07, 6.45) is 0.794. The monoisotopic (exact) mass is 284 g/mol. The van der Waals surface area contributed by atoms with E-state index in [1.807, 2.05) is 6.92 Å². The fourth-order valence-corrected chi connectivity index (χ4v) is 1.98. The van der Waals surface area contributed by atoms with E-state index in [2.05, 4.69) is 10.3 Å². The number of anilines is 1. The highest BCUT2D eigenvalue weighted by molar-refractivity contribution is 5.92. The minimum absolute atomic E-state index is 0.162. The predicted molar refractivity (Wildman–Crippen MR) is 71.1 cm³/mol. The number of hydrogen-bond donors (Lipinski definition) is 1. The lowest BCUT2D eigenvalue weighted by molar-refractivity contribution is 0.182. The van der Waals surface area contributed by atoms with E-state index in [0.717, 1.165) is 6.42 Å². The predicted octanol–water partition coefficient (Wildman–Crippen LogP) is 3.62. The normalized spacial score (nSPS) is 11.1. The fraction of sp³-hybridized carbons (Fsp3) is 0.357. The van der Waals surface area contributed by atoms with Crippen LogP contribution in [0.15, 0.2) is 12.1 Å². The van der Waals surface area contributed by atoms with Crippen LogP contribution in [-0.2, 0) is 11.3 Å². The standard InChI is InChI=1S/C14H15F3N2O/c1-3-4-18-11-5-8(7-20-2)19-14-10(16)6-9(15)13(17)12(11)14/h5-6H,3-4,7H2,1-2H3,(H,18,19). The summed E-state index contributed by atoms with van der Waals surface area (Å²) in [7, 11) is 1.48. The fourth-order valence-electron chi connectivity index (χ4n) is 1.98. The Morgan fingerprint density at radius 2 is 1.95 bits per heavy atom. The number of hydrogen-bond acceptors (Lipinski definition) is 3. The second kappa shape index (κ2) is 6.09. The van der Waals surface area contributed by atoms with E-state index < -0.39 is 17.5 Å². The molecule has 0 atom stereocenters. The van der Waals surface area contributed by atoms with Crippen LogP contribution in [0.25, 0.3) is 10.9 Å². The van der Waals surface area contributed by atoms with Gasteiger partial charge >= 0.3 is 0 Å². The van der Waals surface area contributed by atoms with Gasteiger partial charge in [0.1, 0.15) is 5.52 Å². The van der Waals surface area contributed by atoms with Crippen molar-refractivity contribution in [2.24, 2.45) is 0 Å². The van der Waals surface area contributed by atoms with Crippen LogP contribution in [0.1, 0.15) is 19.0 Å². The highest BCUT2D eigenvalue weighted by Gasteiger charge is 2.18. The molecular formula is C14H15F3N2O. The number of fused-ring (bicyclic) bond motifs is 1. The molecule has 0 saturated heterocycles. The first kappa shape index (κ1) is 14.6. The van der Waals surface area contributed by atoms with Crippen LogP contribution in [-0.4, -0.2) is 18.6 Å². The van der Waals surface area contributed by atoms with E-state index >= 15 is 0 Å². The molecule has 108 valence electrons. The minimum atomic E-state index is -1.23. The van der Waals surface area contributed by atoms with E-state index in [1.165, 1.54) is 7.11 Å². The van der Waals surface area contributed by atoms with Crippen LogP contribution < -0.4 is 5.32 Å². The molecule has 0 aliphatic carbocycles. The summed E-state index contributed by atoms with van der Waals surface area (Å²) in [4.78, 5) is 3.99. The van der Waals surface area contributed by atoms with Gasteiger partial charge < -0.3 is 10.1 Å². The third-order valence-corrected chi connectivity index (χ3v) is 2.84. The third kappa shape index (κ3) is 2.70. The summed E-state index contributed by atoms with van der Waals surface area (Å²) in [6.45, 7) is 2.66. The molecule has 0 bridgehead atoms. The molecule has 0 amide bonds. The Morgan fingerprint density at radius 1 is 1.20 bits per heavy atom. The molecule has 1 aromatic carbocycles. The largest absolute Gasteiger partial charge is 0.384 e. The highest BCUT2D eigenvalue weighted by atomic mass is 19.2. The Morgan fingerprint density at radius 3 is 2.60 bits per heavy atom. The van der Waals surface area contributed by atoms with Gasteiger partial charge in [0.25, 0.3) is 0 Å². The molecule has 1 aromatic heterocycles. The number of benzene rings is 1. The maximum Gasteiger partial charge on any atom is 0.170 e. The van der Waals surface area contributed by atoms with Crippen LogP contribution in [0.5, 0.6) is 0 Å². The maximum atomic E-state index is 13.9. The lowest BCUT2D eigenvalue weighted by Crippen LogP contribution is -2.06. The number of rotatable bonds is 5. The van der Waals surface area contributed by atoms with Gasteiger partial charge in [-0.2, -0.15) is 0 Å². The van der Waals surface area contributed by atoms with Gasteiger partial charge in [0.2, 0.25) is 0 Å². The van der Waals surface area contributed by atoms with Crippen molar-refractivity contribution in [3.8, 4) is 0 Å². The molecule has 0 unspecified atom stereocenters. The van der Waals surface area contributed by atoms with Crippen LogP contribution in [0.4, 0.5) is 18.9 Å². The number of aromatic nitrogens is 1. The van der Waals surface area contributed by atoms with E-state index in [1.54, 1.807) is 6.07 Å². The van der Waals surface area contributed by atoms with Crippen molar-refractivity contribution in [3.05, 3.63) is 35.3 Å². The SMILES string of the molecule is CCCNc1cc(COC)nc2c(F)cc(F)c(F)c12. The quantitative estimate of drug-likeness (QED) is 0.851. The van der Waals surface area contributed by atoms with Gasteiger partial charge in [-0.25, -0.2) is 18.2 Å². The first-order valence-corrected chi connectivity index (χ1v) is 6.28. The Hall–Kier alpha value is -1.82. The summed E-state index contributed by atoms with van der Waals surface area (Å²) in [5, 5.41) is 2.79. The Bertz CT molecular complexity index is 632. The molecule has 2 rings (SSSR count). The van der Waals surface area contributed by atoms with Crippen LogP contribution >= 0.6 is 0 Å². The van der Waals surface area contributed by atoms with Gasteiger partial charge in [0, 0.05) is 25.4 Å². The molecule has 0 spiro atoms. The molecule has 0 fully saturated rings. The zero-order valence-electron chi connectivity index (χ0n) is 11.3. The molecule has 20 heavy (non-hydrogen) atoms. The van der Waals surface area contributed by atoms with Gasteiger partial charge in [0.05, 0.1) is 17.7 Å². The maximum absolute atomic E-state index is 13.9. The smallest absolute Gasteiger partial charge is 0.170 e. The average molecular weight is 284 g/mol. The number of ether oxygens (including phenoxy) is 1. The van der Waals surface area contributed by atoms with Crippen LogP contribution in [0.3, 0.4) is 0 Å². The van der Waals surface area contributed by atoms with E-state index in [0.29, 0.717) is 24.0 Å². The number of halogens is 3. The minimum Gasteiger partial charge on any atom is -0.384 e. The molecular weight excluding hydrogens is 269 g/mol. The first-order valence-electron chi connectivity index (χ1n) is 6.28. The zero-order valence-corrected chi connectivity index (χ0v) is 11.3. The van der Waals surface area contributed by atoms with Gasteiger partial charge in [-0.3, -0.25) is 0 Å². The van der Waals surface area contributed by atoms with Crippen molar-refractivity contribution in [1.82, 2.24) is 4.98 Å². The van der Waals surface area contributed by atoms with E-state index in [9.17, 15) is 13.2 Å². The number of methoxy groups -OCH3 is 1. The zero-order chi connectivity index (χ0) is 14.7. The molecule has 0 saturated carbocycles. The van der Waals surface area contributed by atoms with Gasteiger partial charge in [-0.05, 0) is 12.5 Å². The summed E-state index contributed by atoms with van der Waals surface area (Å²) in [5.74, 6) is -3.22. The topological polar surface area (TPSA) is 34.1 Å². The number of nitrogens with zero attached hydrogens (tertiary/aromatic N) is 1. The molecule has 0 radical (unpaired) electrons. The van der Waals surface area contributed by atoms with Crippen molar-refractivity contribution in [2.75, 3.05) is 19.0 Å². The molecule has 1 heterocycles. The molecule has 6 heteroatoms. The lowest BCUT2D eigenvalue weighted by atomic mass is 10.1. The molecule has 0 aliphatic heterocycles. The summed E-state index contributed by atoms with van der Waals surface area (Å²) in [6, 6.07) is 2.05. The van der Waals surface area contributed by atoms with Crippen molar-refractivity contribution in [1.29, 1.82) is 0 Å². The summed E-state index contributed by atoms with van der Waals surface area (Å²) in [5.41, 5.74) is 0.570. The number of pyridine rings is 1. The second-order valence-corrected chi connectivity index (χ2v) is 4.40. The molecule has 3 nitrogen and oxygen atoms in total. The summed E-state index contributed by atoms with van der Waals surface area (Å²) >= 11 is 0. The Kier molecular flexibility index (Phi) is 4.44. The Labute approximate surface area is 114 Å². The molecule has 0 aliphatic rings. The van der Waals surface area contributed by atoms with E-state index in [-0.39, 0.29) is 17.5 Å². The van der Waals surface area contributed by atoms with E-state index in [4.69, 9.17) is 4.74 Å². The van der Waals surface area contributed by atoms with Crippen molar-refractivity contribution in [2.45, 2.75) is 20.0 Å². The first-order chi connectivity index (χ1) is 9.58. The highest BCUT2D eigenvalue weighted by Crippen LogP contribution is 2.30. The van der Waals surface area contributed by atoms with Crippen LogP contribution in [0.2, 0.25) is 0 Å². The third-order valence-electron chi connectivity index (χ3n) is 2.84. The number of nitrogens with one attached hydrogen (secondary N) is 1. The van der Waals surface area contributed by atoms with Crippen LogP contribution in [0, 0.1) is 17.5 Å². The summed E-state index contributed by atoms with van der Waals surface area (Å²) < 4.78 is 46.1. The van der Waals surface area contributed by atoms with Crippen molar-refractivity contribution >= 4 is 16.6 Å². The molecule has 2 aromatic rings.